The molecular weight excluding hydrogens is 296 g/mol. The monoisotopic (exact) mass is 312 g/mol. The lowest BCUT2D eigenvalue weighted by Gasteiger charge is -2.10. The van der Waals surface area contributed by atoms with E-state index < -0.39 is 0 Å². The Balaban J connectivity index is 1.99. The molecule has 0 atom stereocenters. The van der Waals surface area contributed by atoms with Gasteiger partial charge in [0.25, 0.3) is 5.56 Å². The van der Waals surface area contributed by atoms with Crippen molar-refractivity contribution in [3.63, 3.8) is 0 Å². The summed E-state index contributed by atoms with van der Waals surface area (Å²) in [5.41, 5.74) is 1.36. The predicted octanol–water partition coefficient (Wildman–Crippen LogP) is 2.35. The summed E-state index contributed by atoms with van der Waals surface area (Å²) >= 11 is 0. The van der Waals surface area contributed by atoms with Gasteiger partial charge in [-0.05, 0) is 12.5 Å². The Morgan fingerprint density at radius 3 is 2.74 bits per heavy atom. The van der Waals surface area contributed by atoms with Crippen LogP contribution in [0.15, 0.2) is 45.7 Å². The van der Waals surface area contributed by atoms with E-state index in [-0.39, 0.29) is 17.9 Å². The van der Waals surface area contributed by atoms with Gasteiger partial charge in [-0.2, -0.15) is 0 Å². The van der Waals surface area contributed by atoms with E-state index in [0.29, 0.717) is 23.1 Å². The summed E-state index contributed by atoms with van der Waals surface area (Å²) in [7, 11) is 1.67. The molecule has 0 bridgehead atoms. The van der Waals surface area contributed by atoms with Gasteiger partial charge in [-0.3, -0.25) is 9.78 Å². The molecule has 0 aliphatic rings. The molecule has 2 heterocycles. The molecule has 7 nitrogen and oxygen atoms in total. The van der Waals surface area contributed by atoms with Crippen LogP contribution in [0.25, 0.3) is 11.4 Å². The molecule has 0 saturated carbocycles. The summed E-state index contributed by atoms with van der Waals surface area (Å²) in [4.78, 5) is 19.3. The number of aromatic amines is 1. The minimum absolute atomic E-state index is 0.112. The van der Waals surface area contributed by atoms with E-state index >= 15 is 0 Å². The van der Waals surface area contributed by atoms with E-state index in [0.717, 1.165) is 5.56 Å². The number of aryl methyl sites for hydroxylation is 1. The molecule has 3 rings (SSSR count). The smallest absolute Gasteiger partial charge is 0.295 e. The highest BCUT2D eigenvalue weighted by molar-refractivity contribution is 5.63. The molecule has 0 amide bonds. The number of rotatable bonds is 5. The van der Waals surface area contributed by atoms with Crippen molar-refractivity contribution < 1.29 is 9.26 Å². The first kappa shape index (κ1) is 14.8. The van der Waals surface area contributed by atoms with Crippen LogP contribution in [0.5, 0.6) is 5.75 Å². The van der Waals surface area contributed by atoms with Crippen molar-refractivity contribution in [3.05, 3.63) is 58.1 Å². The van der Waals surface area contributed by atoms with Gasteiger partial charge in [0.15, 0.2) is 0 Å². The Morgan fingerprint density at radius 2 is 2.09 bits per heavy atom. The fraction of sp³-hybridized carbons (Fsp3) is 0.188. The van der Waals surface area contributed by atoms with Gasteiger partial charge in [0.05, 0.1) is 0 Å². The highest BCUT2D eigenvalue weighted by Gasteiger charge is 2.18. The second kappa shape index (κ2) is 6.35. The van der Waals surface area contributed by atoms with E-state index in [1.807, 2.05) is 30.3 Å². The van der Waals surface area contributed by atoms with E-state index in [1.54, 1.807) is 20.0 Å². The topological polar surface area (TPSA) is 93.0 Å². The van der Waals surface area contributed by atoms with Crippen LogP contribution in [0.2, 0.25) is 0 Å². The van der Waals surface area contributed by atoms with Crippen LogP contribution in [0, 0.1) is 6.92 Å². The molecule has 3 aromatic rings. The van der Waals surface area contributed by atoms with E-state index in [4.69, 9.17) is 9.26 Å². The van der Waals surface area contributed by atoms with Crippen molar-refractivity contribution in [2.75, 3.05) is 12.4 Å². The molecule has 0 fully saturated rings. The zero-order chi connectivity index (χ0) is 16.2. The fourth-order valence-corrected chi connectivity index (χ4v) is 2.10. The van der Waals surface area contributed by atoms with Gasteiger partial charge in [-0.25, -0.2) is 4.98 Å². The first-order chi connectivity index (χ1) is 11.2. The first-order valence-electron chi connectivity index (χ1n) is 7.10. The average Bonchev–Trinajstić information content (AvgIpc) is 3.00. The standard InChI is InChI=1S/C16H16N4O3/c1-10-8-12(20-23-10)13-14(15(21)19-16(17-2)18-13)22-9-11-6-4-3-5-7-11/h3-8H,9H2,1-2H3,(H2,17,18,19,21). The van der Waals surface area contributed by atoms with Gasteiger partial charge < -0.3 is 14.6 Å². The Morgan fingerprint density at radius 1 is 1.30 bits per heavy atom. The molecule has 0 spiro atoms. The third kappa shape index (κ3) is 3.23. The van der Waals surface area contributed by atoms with Crippen molar-refractivity contribution in [3.8, 4) is 17.1 Å². The third-order valence-electron chi connectivity index (χ3n) is 3.21. The van der Waals surface area contributed by atoms with Gasteiger partial charge >= 0.3 is 0 Å². The van der Waals surface area contributed by atoms with Crippen LogP contribution in [-0.2, 0) is 6.61 Å². The van der Waals surface area contributed by atoms with Crippen LogP contribution in [0.4, 0.5) is 5.95 Å². The Kier molecular flexibility index (Phi) is 4.09. The Bertz CT molecular complexity index is 855. The largest absolute Gasteiger partial charge is 0.481 e. The van der Waals surface area contributed by atoms with E-state index in [1.165, 1.54) is 0 Å². The third-order valence-corrected chi connectivity index (χ3v) is 3.21. The number of hydrogen-bond donors (Lipinski definition) is 2. The minimum atomic E-state index is -0.379. The quantitative estimate of drug-likeness (QED) is 0.751. The number of anilines is 1. The number of benzene rings is 1. The molecule has 23 heavy (non-hydrogen) atoms. The second-order valence-corrected chi connectivity index (χ2v) is 4.94. The van der Waals surface area contributed by atoms with Crippen molar-refractivity contribution in [1.82, 2.24) is 15.1 Å². The normalized spacial score (nSPS) is 10.5. The number of nitrogens with one attached hydrogen (secondary N) is 2. The highest BCUT2D eigenvalue weighted by Crippen LogP contribution is 2.25. The van der Waals surface area contributed by atoms with Crippen LogP contribution < -0.4 is 15.6 Å². The maximum Gasteiger partial charge on any atom is 0.295 e. The summed E-state index contributed by atoms with van der Waals surface area (Å²) in [6.45, 7) is 2.03. The molecule has 0 saturated heterocycles. The maximum atomic E-state index is 12.3. The predicted molar refractivity (Wildman–Crippen MR) is 85.4 cm³/mol. The van der Waals surface area contributed by atoms with Gasteiger partial charge in [0.1, 0.15) is 23.8 Å². The summed E-state index contributed by atoms with van der Waals surface area (Å²) in [5, 5.41) is 6.73. The Hall–Kier alpha value is -3.09. The molecule has 0 aliphatic carbocycles. The van der Waals surface area contributed by atoms with Crippen LogP contribution in [0.3, 0.4) is 0 Å². The van der Waals surface area contributed by atoms with Crippen LogP contribution in [-0.4, -0.2) is 22.2 Å². The van der Waals surface area contributed by atoms with Gasteiger partial charge in [0.2, 0.25) is 11.7 Å². The summed E-state index contributed by atoms with van der Waals surface area (Å²) < 4.78 is 10.8. The molecular formula is C16H16N4O3. The molecule has 2 N–H and O–H groups in total. The number of H-pyrrole nitrogens is 1. The van der Waals surface area contributed by atoms with Crippen LogP contribution in [0.1, 0.15) is 11.3 Å². The molecule has 0 unspecified atom stereocenters. The van der Waals surface area contributed by atoms with Crippen molar-refractivity contribution in [2.24, 2.45) is 0 Å². The van der Waals surface area contributed by atoms with Gasteiger partial charge in [-0.1, -0.05) is 35.5 Å². The summed E-state index contributed by atoms with van der Waals surface area (Å²) in [6.07, 6.45) is 0. The lowest BCUT2D eigenvalue weighted by molar-refractivity contribution is 0.301. The second-order valence-electron chi connectivity index (χ2n) is 4.94. The SMILES string of the molecule is CNc1nc(-c2cc(C)on2)c(OCc2ccccc2)c(=O)[nH]1. The molecule has 118 valence electrons. The van der Waals surface area contributed by atoms with Gasteiger partial charge in [0, 0.05) is 13.1 Å². The van der Waals surface area contributed by atoms with Crippen molar-refractivity contribution in [1.29, 1.82) is 0 Å². The molecule has 0 radical (unpaired) electrons. The summed E-state index contributed by atoms with van der Waals surface area (Å²) in [6, 6.07) is 11.3. The average molecular weight is 312 g/mol. The van der Waals surface area contributed by atoms with E-state index in [2.05, 4.69) is 20.4 Å². The zero-order valence-electron chi connectivity index (χ0n) is 12.8. The number of ether oxygens (including phenoxy) is 1. The minimum Gasteiger partial charge on any atom is -0.481 e. The van der Waals surface area contributed by atoms with Crippen molar-refractivity contribution in [2.45, 2.75) is 13.5 Å². The maximum absolute atomic E-state index is 12.3. The number of hydrogen-bond acceptors (Lipinski definition) is 6. The first-order valence-corrected chi connectivity index (χ1v) is 7.10. The van der Waals surface area contributed by atoms with E-state index in [9.17, 15) is 4.79 Å². The van der Waals surface area contributed by atoms with Crippen molar-refractivity contribution >= 4 is 5.95 Å². The molecule has 7 heteroatoms. The van der Waals surface area contributed by atoms with Gasteiger partial charge in [-0.15, -0.1) is 0 Å². The molecule has 2 aromatic heterocycles. The zero-order valence-corrected chi connectivity index (χ0v) is 12.8. The fourth-order valence-electron chi connectivity index (χ4n) is 2.10. The molecule has 0 aliphatic heterocycles. The lowest BCUT2D eigenvalue weighted by Crippen LogP contribution is -2.16. The lowest BCUT2D eigenvalue weighted by atomic mass is 10.2. The Labute approximate surface area is 132 Å². The molecule has 1 aromatic carbocycles. The number of nitrogens with zero attached hydrogens (tertiary/aromatic N) is 2. The number of aromatic nitrogens is 3. The highest BCUT2D eigenvalue weighted by atomic mass is 16.5. The summed E-state index contributed by atoms with van der Waals surface area (Å²) in [5.74, 6) is 1.07. The van der Waals surface area contributed by atoms with Crippen LogP contribution >= 0.6 is 0 Å².